The van der Waals surface area contributed by atoms with E-state index < -0.39 is 5.60 Å². The van der Waals surface area contributed by atoms with E-state index in [4.69, 9.17) is 4.74 Å². The predicted octanol–water partition coefficient (Wildman–Crippen LogP) is 3.05. The van der Waals surface area contributed by atoms with Gasteiger partial charge in [0.2, 0.25) is 0 Å². The van der Waals surface area contributed by atoms with Gasteiger partial charge in [-0.3, -0.25) is 0 Å². The van der Waals surface area contributed by atoms with Gasteiger partial charge in [0.25, 0.3) is 0 Å². The van der Waals surface area contributed by atoms with Crippen molar-refractivity contribution in [3.8, 4) is 0 Å². The Kier molecular flexibility index (Phi) is 5.08. The molecule has 0 amide bonds. The first-order valence-corrected chi connectivity index (χ1v) is 6.72. The van der Waals surface area contributed by atoms with Crippen molar-refractivity contribution in [1.29, 1.82) is 0 Å². The predicted molar refractivity (Wildman–Crippen MR) is 75.0 cm³/mol. The van der Waals surface area contributed by atoms with Crippen LogP contribution in [0.15, 0.2) is 0 Å². The molecule has 0 fully saturated rings. The van der Waals surface area contributed by atoms with Gasteiger partial charge in [-0.15, -0.1) is 0 Å². The number of hydrogen-bond acceptors (Lipinski definition) is 4. The van der Waals surface area contributed by atoms with E-state index in [1.807, 2.05) is 14.0 Å². The first-order valence-electron chi connectivity index (χ1n) is 6.72. The van der Waals surface area contributed by atoms with Gasteiger partial charge in [-0.05, 0) is 33.6 Å². The highest BCUT2D eigenvalue weighted by Crippen LogP contribution is 2.28. The maximum Gasteiger partial charge on any atom is 0.162 e. The van der Waals surface area contributed by atoms with Gasteiger partial charge < -0.3 is 10.1 Å². The maximum atomic E-state index is 5.85. The van der Waals surface area contributed by atoms with Crippen molar-refractivity contribution in [3.05, 3.63) is 17.1 Å². The summed E-state index contributed by atoms with van der Waals surface area (Å²) < 4.78 is 5.85. The summed E-state index contributed by atoms with van der Waals surface area (Å²) >= 11 is 0. The summed E-state index contributed by atoms with van der Waals surface area (Å²) in [5, 5.41) is 3.14. The minimum atomic E-state index is -0.405. The Hall–Kier alpha value is -1.16. The second kappa shape index (κ2) is 6.14. The van der Waals surface area contributed by atoms with Crippen LogP contribution in [0.2, 0.25) is 0 Å². The largest absolute Gasteiger partial charge is 0.373 e. The lowest BCUT2D eigenvalue weighted by Crippen LogP contribution is -2.29. The molecule has 0 saturated heterocycles. The monoisotopic (exact) mass is 251 g/mol. The Morgan fingerprint density at radius 3 is 2.33 bits per heavy atom. The van der Waals surface area contributed by atoms with Gasteiger partial charge in [0, 0.05) is 24.9 Å². The molecule has 102 valence electrons. The van der Waals surface area contributed by atoms with Crippen LogP contribution in [0, 0.1) is 6.92 Å². The lowest BCUT2D eigenvalue weighted by atomic mass is 10.0. The fraction of sp³-hybridized carbons (Fsp3) is 0.714. The minimum absolute atomic E-state index is 0.405. The van der Waals surface area contributed by atoms with Crippen LogP contribution in [0.1, 0.15) is 51.2 Å². The molecule has 1 atom stereocenters. The van der Waals surface area contributed by atoms with E-state index in [2.05, 4.69) is 43.0 Å². The maximum absolute atomic E-state index is 5.85. The molecule has 0 saturated carbocycles. The third-order valence-corrected chi connectivity index (χ3v) is 3.43. The van der Waals surface area contributed by atoms with Crippen LogP contribution in [-0.4, -0.2) is 23.6 Å². The molecule has 0 aliphatic heterocycles. The van der Waals surface area contributed by atoms with E-state index in [0.29, 0.717) is 6.61 Å². The van der Waals surface area contributed by atoms with Crippen LogP contribution < -0.4 is 5.32 Å². The molecule has 0 bridgehead atoms. The molecule has 1 N–H and O–H groups in total. The van der Waals surface area contributed by atoms with E-state index in [9.17, 15) is 0 Å². The second-order valence-corrected chi connectivity index (χ2v) is 4.59. The second-order valence-electron chi connectivity index (χ2n) is 4.59. The highest BCUT2D eigenvalue weighted by atomic mass is 16.5. The number of aryl methyl sites for hydroxylation is 1. The molecule has 1 aromatic rings. The first-order chi connectivity index (χ1) is 8.52. The van der Waals surface area contributed by atoms with E-state index in [-0.39, 0.29) is 0 Å². The van der Waals surface area contributed by atoms with Gasteiger partial charge in [0.05, 0.1) is 0 Å². The van der Waals surface area contributed by atoms with Gasteiger partial charge in [-0.2, -0.15) is 0 Å². The fourth-order valence-corrected chi connectivity index (χ4v) is 2.03. The number of hydrogen-bond donors (Lipinski definition) is 1. The molecule has 0 radical (unpaired) electrons. The van der Waals surface area contributed by atoms with E-state index in [1.165, 1.54) is 0 Å². The number of nitrogens with one attached hydrogen (secondary N) is 1. The van der Waals surface area contributed by atoms with Gasteiger partial charge in [0.15, 0.2) is 5.82 Å². The van der Waals surface area contributed by atoms with Crippen LogP contribution in [0.25, 0.3) is 0 Å². The average molecular weight is 251 g/mol. The lowest BCUT2D eigenvalue weighted by molar-refractivity contribution is -0.0391. The smallest absolute Gasteiger partial charge is 0.162 e. The summed E-state index contributed by atoms with van der Waals surface area (Å²) in [5.74, 6) is 1.68. The van der Waals surface area contributed by atoms with Crippen molar-refractivity contribution in [2.75, 3.05) is 19.0 Å². The van der Waals surface area contributed by atoms with Gasteiger partial charge in [-0.1, -0.05) is 13.8 Å². The van der Waals surface area contributed by atoms with Gasteiger partial charge in [0.1, 0.15) is 11.4 Å². The van der Waals surface area contributed by atoms with Crippen LogP contribution in [0.3, 0.4) is 0 Å². The molecule has 0 aliphatic rings. The highest BCUT2D eigenvalue weighted by molar-refractivity contribution is 5.45. The zero-order valence-electron chi connectivity index (χ0n) is 12.4. The van der Waals surface area contributed by atoms with Crippen molar-refractivity contribution in [1.82, 2.24) is 9.97 Å². The Bertz CT molecular complexity index is 381. The van der Waals surface area contributed by atoms with Crippen LogP contribution in [-0.2, 0) is 16.8 Å². The van der Waals surface area contributed by atoms with E-state index in [0.717, 1.165) is 35.7 Å². The topological polar surface area (TPSA) is 47.0 Å². The Morgan fingerprint density at radius 2 is 1.89 bits per heavy atom. The summed E-state index contributed by atoms with van der Waals surface area (Å²) in [6, 6.07) is 0. The molecule has 0 spiro atoms. The third-order valence-electron chi connectivity index (χ3n) is 3.43. The minimum Gasteiger partial charge on any atom is -0.373 e. The highest BCUT2D eigenvalue weighted by Gasteiger charge is 2.29. The number of rotatable bonds is 6. The molecule has 4 heteroatoms. The Morgan fingerprint density at radius 1 is 1.22 bits per heavy atom. The Labute approximate surface area is 110 Å². The number of anilines is 1. The molecule has 4 nitrogen and oxygen atoms in total. The van der Waals surface area contributed by atoms with Crippen LogP contribution >= 0.6 is 0 Å². The number of aromatic nitrogens is 2. The summed E-state index contributed by atoms with van der Waals surface area (Å²) in [4.78, 5) is 9.30. The van der Waals surface area contributed by atoms with Crippen molar-refractivity contribution in [2.45, 2.75) is 53.1 Å². The first kappa shape index (κ1) is 14.9. The summed E-state index contributed by atoms with van der Waals surface area (Å²) in [6.45, 7) is 11.0. The van der Waals surface area contributed by atoms with E-state index in [1.54, 1.807) is 0 Å². The quantitative estimate of drug-likeness (QED) is 0.844. The van der Waals surface area contributed by atoms with Crippen molar-refractivity contribution >= 4 is 5.82 Å². The standard InChI is InChI=1S/C14H25N3O/c1-7-11-10(4)12(15-6)17-13(16-11)14(5,8-2)18-9-3/h7-9H2,1-6H3,(H,15,16,17). The zero-order chi connectivity index (χ0) is 13.8. The molecular weight excluding hydrogens is 226 g/mol. The molecule has 0 aromatic carbocycles. The van der Waals surface area contributed by atoms with Crippen molar-refractivity contribution in [2.24, 2.45) is 0 Å². The van der Waals surface area contributed by atoms with Gasteiger partial charge >= 0.3 is 0 Å². The summed E-state index contributed by atoms with van der Waals surface area (Å²) in [7, 11) is 1.89. The normalized spacial score (nSPS) is 14.3. The number of nitrogens with zero attached hydrogens (tertiary/aromatic N) is 2. The Balaban J connectivity index is 3.31. The average Bonchev–Trinajstić information content (AvgIpc) is 2.39. The molecule has 1 heterocycles. The van der Waals surface area contributed by atoms with Crippen molar-refractivity contribution < 1.29 is 4.74 Å². The summed E-state index contributed by atoms with van der Waals surface area (Å²) in [6.07, 6.45) is 1.76. The van der Waals surface area contributed by atoms with Crippen LogP contribution in [0.5, 0.6) is 0 Å². The third kappa shape index (κ3) is 2.80. The molecule has 1 rings (SSSR count). The zero-order valence-corrected chi connectivity index (χ0v) is 12.4. The molecule has 1 aromatic heterocycles. The van der Waals surface area contributed by atoms with E-state index >= 15 is 0 Å². The molecular formula is C14H25N3O. The fourth-order valence-electron chi connectivity index (χ4n) is 2.03. The summed E-state index contributed by atoms with van der Waals surface area (Å²) in [5.41, 5.74) is 1.81. The molecule has 0 aliphatic carbocycles. The van der Waals surface area contributed by atoms with Crippen LogP contribution in [0.4, 0.5) is 5.82 Å². The molecule has 18 heavy (non-hydrogen) atoms. The van der Waals surface area contributed by atoms with Gasteiger partial charge in [-0.25, -0.2) is 9.97 Å². The number of ether oxygens (including phenoxy) is 1. The molecule has 1 unspecified atom stereocenters. The lowest BCUT2D eigenvalue weighted by Gasteiger charge is -2.27. The van der Waals surface area contributed by atoms with Crippen molar-refractivity contribution in [3.63, 3.8) is 0 Å². The SMILES string of the molecule is CCOC(C)(CC)c1nc(CC)c(C)c(NC)n1.